The lowest BCUT2D eigenvalue weighted by Gasteiger charge is -1.95. The lowest BCUT2D eigenvalue weighted by molar-refractivity contribution is 1.22. The van der Waals surface area contributed by atoms with Gasteiger partial charge in [-0.25, -0.2) is 0 Å². The minimum Gasteiger partial charge on any atom is -0.0985 e. The molecule has 0 N–H and O–H groups in total. The molecule has 0 heteroatoms. The van der Waals surface area contributed by atoms with E-state index in [9.17, 15) is 0 Å². The maximum Gasteiger partial charge on any atom is -0.0251 e. The van der Waals surface area contributed by atoms with Gasteiger partial charge in [0.1, 0.15) is 0 Å². The van der Waals surface area contributed by atoms with Gasteiger partial charge in [0.2, 0.25) is 0 Å². The van der Waals surface area contributed by atoms with Crippen LogP contribution in [-0.4, -0.2) is 0 Å². The molecule has 0 amide bonds. The lowest BCUT2D eigenvalue weighted by atomic mass is 10.1. The molecule has 0 saturated carbocycles. The zero-order valence-corrected chi connectivity index (χ0v) is 8.61. The van der Waals surface area contributed by atoms with Gasteiger partial charge in [0.25, 0.3) is 0 Å². The Morgan fingerprint density at radius 2 is 2.00 bits per heavy atom. The fraction of sp³-hybridized carbons (Fsp3) is 0.143. The first-order valence-electron chi connectivity index (χ1n) is 4.92. The summed E-state index contributed by atoms with van der Waals surface area (Å²) in [5.41, 5.74) is 2.36. The first-order chi connectivity index (χ1) is 6.86. The number of allylic oxidation sites excluding steroid dienone is 4. The van der Waals surface area contributed by atoms with Crippen molar-refractivity contribution in [2.24, 2.45) is 0 Å². The van der Waals surface area contributed by atoms with E-state index >= 15 is 0 Å². The van der Waals surface area contributed by atoms with Gasteiger partial charge in [-0.2, -0.15) is 0 Å². The van der Waals surface area contributed by atoms with E-state index in [2.05, 4.69) is 43.9 Å². The number of benzene rings is 1. The van der Waals surface area contributed by atoms with Crippen molar-refractivity contribution in [1.29, 1.82) is 0 Å². The lowest BCUT2D eigenvalue weighted by Crippen LogP contribution is -1.73. The van der Waals surface area contributed by atoms with Crippen LogP contribution in [0.5, 0.6) is 0 Å². The predicted molar refractivity (Wildman–Crippen MR) is 64.0 cm³/mol. The molecule has 0 fully saturated rings. The molecule has 0 unspecified atom stereocenters. The Kier molecular flexibility index (Phi) is 4.49. The summed E-state index contributed by atoms with van der Waals surface area (Å²) in [6.07, 6.45) is 9.29. The van der Waals surface area contributed by atoms with E-state index < -0.39 is 0 Å². The third kappa shape index (κ3) is 3.44. The van der Waals surface area contributed by atoms with E-state index in [0.717, 1.165) is 12.0 Å². The van der Waals surface area contributed by atoms with Crippen molar-refractivity contribution >= 4 is 6.08 Å². The molecule has 0 saturated heterocycles. The summed E-state index contributed by atoms with van der Waals surface area (Å²) >= 11 is 0. The van der Waals surface area contributed by atoms with Crippen LogP contribution in [0.2, 0.25) is 0 Å². The molecule has 0 radical (unpaired) electrons. The van der Waals surface area contributed by atoms with E-state index in [-0.39, 0.29) is 0 Å². The van der Waals surface area contributed by atoms with E-state index in [4.69, 9.17) is 0 Å². The molecule has 0 bridgehead atoms. The Bertz CT molecular complexity index is 328. The third-order valence-electron chi connectivity index (χ3n) is 1.91. The Hall–Kier alpha value is -1.56. The Balaban J connectivity index is 2.84. The number of hydrogen-bond donors (Lipinski definition) is 0. The second-order valence-electron chi connectivity index (χ2n) is 3.07. The highest BCUT2D eigenvalue weighted by Gasteiger charge is 1.87. The van der Waals surface area contributed by atoms with Crippen molar-refractivity contribution in [1.82, 2.24) is 0 Å². The summed E-state index contributed by atoms with van der Waals surface area (Å²) in [6, 6.07) is 10.3. The highest BCUT2D eigenvalue weighted by atomic mass is 13.9. The van der Waals surface area contributed by atoms with Crippen molar-refractivity contribution in [3.05, 3.63) is 66.3 Å². The van der Waals surface area contributed by atoms with Gasteiger partial charge in [-0.3, -0.25) is 0 Å². The summed E-state index contributed by atoms with van der Waals surface area (Å²) in [6.45, 7) is 5.92. The van der Waals surface area contributed by atoms with Crippen LogP contribution in [0.1, 0.15) is 18.9 Å². The first kappa shape index (κ1) is 10.5. The number of rotatable bonds is 4. The van der Waals surface area contributed by atoms with E-state index in [1.54, 1.807) is 0 Å². The van der Waals surface area contributed by atoms with Crippen molar-refractivity contribution in [2.45, 2.75) is 13.3 Å². The van der Waals surface area contributed by atoms with Crippen molar-refractivity contribution in [3.63, 3.8) is 0 Å². The largest absolute Gasteiger partial charge is 0.0985 e. The molecular weight excluding hydrogens is 168 g/mol. The van der Waals surface area contributed by atoms with Crippen molar-refractivity contribution < 1.29 is 0 Å². The van der Waals surface area contributed by atoms with Crippen LogP contribution in [-0.2, 0) is 0 Å². The molecule has 1 rings (SSSR count). The molecule has 0 spiro atoms. The summed E-state index contributed by atoms with van der Waals surface area (Å²) in [4.78, 5) is 0. The van der Waals surface area contributed by atoms with Gasteiger partial charge >= 0.3 is 0 Å². The van der Waals surface area contributed by atoms with E-state index in [0.29, 0.717) is 0 Å². The fourth-order valence-corrected chi connectivity index (χ4v) is 1.17. The van der Waals surface area contributed by atoms with Crippen LogP contribution in [0.3, 0.4) is 0 Å². The normalized spacial score (nSPS) is 11.9. The SMILES string of the molecule is C=CC(C=CCC)=Cc1ccccc1. The zero-order valence-electron chi connectivity index (χ0n) is 8.61. The molecule has 0 aliphatic carbocycles. The molecule has 0 aromatic heterocycles. The van der Waals surface area contributed by atoms with Gasteiger partial charge in [-0.1, -0.05) is 62.1 Å². The van der Waals surface area contributed by atoms with Gasteiger partial charge in [0.15, 0.2) is 0 Å². The summed E-state index contributed by atoms with van der Waals surface area (Å²) < 4.78 is 0. The quantitative estimate of drug-likeness (QED) is 0.614. The fourth-order valence-electron chi connectivity index (χ4n) is 1.17. The average Bonchev–Trinajstić information content (AvgIpc) is 2.25. The van der Waals surface area contributed by atoms with E-state index in [1.165, 1.54) is 5.56 Å². The molecule has 0 heterocycles. The zero-order chi connectivity index (χ0) is 10.2. The van der Waals surface area contributed by atoms with Crippen LogP contribution < -0.4 is 0 Å². The van der Waals surface area contributed by atoms with Crippen LogP contribution in [0.25, 0.3) is 6.08 Å². The Labute approximate surface area is 86.3 Å². The molecule has 72 valence electrons. The maximum absolute atomic E-state index is 3.79. The monoisotopic (exact) mass is 184 g/mol. The minimum absolute atomic E-state index is 1.06. The van der Waals surface area contributed by atoms with Gasteiger partial charge in [0, 0.05) is 0 Å². The van der Waals surface area contributed by atoms with Gasteiger partial charge < -0.3 is 0 Å². The molecule has 1 aromatic carbocycles. The highest BCUT2D eigenvalue weighted by Crippen LogP contribution is 2.08. The first-order valence-corrected chi connectivity index (χ1v) is 4.92. The molecule has 14 heavy (non-hydrogen) atoms. The van der Waals surface area contributed by atoms with Gasteiger partial charge in [-0.15, -0.1) is 0 Å². The molecule has 0 atom stereocenters. The predicted octanol–water partition coefficient (Wildman–Crippen LogP) is 4.22. The molecule has 0 nitrogen and oxygen atoms in total. The van der Waals surface area contributed by atoms with Crippen molar-refractivity contribution in [2.75, 3.05) is 0 Å². The standard InChI is InChI=1S/C14H16/c1-3-5-9-13(4-2)12-14-10-7-6-8-11-14/h4-12H,2-3H2,1H3. The molecular formula is C14H16. The average molecular weight is 184 g/mol. The summed E-state index contributed by atoms with van der Waals surface area (Å²) in [5, 5.41) is 0. The minimum atomic E-state index is 1.06. The second-order valence-corrected chi connectivity index (χ2v) is 3.07. The van der Waals surface area contributed by atoms with E-state index in [1.807, 2.05) is 24.3 Å². The number of hydrogen-bond acceptors (Lipinski definition) is 0. The summed E-state index contributed by atoms with van der Waals surface area (Å²) in [7, 11) is 0. The second kappa shape index (κ2) is 5.98. The van der Waals surface area contributed by atoms with Gasteiger partial charge in [-0.05, 0) is 23.6 Å². The van der Waals surface area contributed by atoms with Gasteiger partial charge in [0.05, 0.1) is 0 Å². The van der Waals surface area contributed by atoms with Crippen LogP contribution >= 0.6 is 0 Å². The maximum atomic E-state index is 3.79. The highest BCUT2D eigenvalue weighted by molar-refractivity contribution is 5.58. The molecule has 0 aliphatic heterocycles. The van der Waals surface area contributed by atoms with Crippen LogP contribution in [0, 0.1) is 0 Å². The smallest absolute Gasteiger partial charge is 0.0251 e. The Morgan fingerprint density at radius 3 is 2.57 bits per heavy atom. The molecule has 1 aromatic rings. The third-order valence-corrected chi connectivity index (χ3v) is 1.91. The van der Waals surface area contributed by atoms with Crippen LogP contribution in [0.15, 0.2) is 60.7 Å². The van der Waals surface area contributed by atoms with Crippen LogP contribution in [0.4, 0.5) is 0 Å². The molecule has 0 aliphatic rings. The van der Waals surface area contributed by atoms with Crippen molar-refractivity contribution in [3.8, 4) is 0 Å². The summed E-state index contributed by atoms with van der Waals surface area (Å²) in [5.74, 6) is 0. The Morgan fingerprint density at radius 1 is 1.29 bits per heavy atom. The topological polar surface area (TPSA) is 0 Å².